The van der Waals surface area contributed by atoms with Gasteiger partial charge in [-0.1, -0.05) is 20.8 Å². The summed E-state index contributed by atoms with van der Waals surface area (Å²) in [7, 11) is 0. The maximum Gasteiger partial charge on any atom is 0.0105 e. The van der Waals surface area contributed by atoms with Crippen molar-refractivity contribution in [2.75, 3.05) is 6.54 Å². The summed E-state index contributed by atoms with van der Waals surface area (Å²) < 4.78 is 0. The van der Waals surface area contributed by atoms with Gasteiger partial charge < -0.3 is 5.32 Å². The fourth-order valence-corrected chi connectivity index (χ4v) is 3.01. The van der Waals surface area contributed by atoms with Crippen molar-refractivity contribution in [2.24, 2.45) is 0 Å². The molecule has 1 saturated carbocycles. The SMILES string of the molecule is CCc1ccc(C(C)(C)CCNC2CC2)s1. The van der Waals surface area contributed by atoms with E-state index in [0.29, 0.717) is 5.41 Å². The molecule has 0 atom stereocenters. The van der Waals surface area contributed by atoms with E-state index in [-0.39, 0.29) is 0 Å². The minimum absolute atomic E-state index is 0.333. The molecule has 1 aliphatic carbocycles. The molecule has 1 nitrogen and oxygen atoms in total. The molecule has 1 heterocycles. The number of thiophene rings is 1. The summed E-state index contributed by atoms with van der Waals surface area (Å²) in [5.41, 5.74) is 0.333. The van der Waals surface area contributed by atoms with Crippen molar-refractivity contribution in [3.63, 3.8) is 0 Å². The van der Waals surface area contributed by atoms with E-state index in [1.165, 1.54) is 30.6 Å². The summed E-state index contributed by atoms with van der Waals surface area (Å²) in [6, 6.07) is 5.45. The smallest absolute Gasteiger partial charge is 0.0105 e. The minimum atomic E-state index is 0.333. The Morgan fingerprint density at radius 2 is 2.12 bits per heavy atom. The topological polar surface area (TPSA) is 12.0 Å². The maximum absolute atomic E-state index is 3.61. The molecule has 90 valence electrons. The molecule has 0 radical (unpaired) electrons. The quantitative estimate of drug-likeness (QED) is 0.795. The lowest BCUT2D eigenvalue weighted by Crippen LogP contribution is -2.25. The lowest BCUT2D eigenvalue weighted by Gasteiger charge is -2.23. The summed E-state index contributed by atoms with van der Waals surface area (Å²) in [6.45, 7) is 8.13. The second-order valence-electron chi connectivity index (χ2n) is 5.48. The standard InChI is InChI=1S/C14H23NS/c1-4-12-7-8-13(16-12)14(2,3)9-10-15-11-5-6-11/h7-8,11,15H,4-6,9-10H2,1-3H3. The number of hydrogen-bond acceptors (Lipinski definition) is 2. The molecule has 16 heavy (non-hydrogen) atoms. The van der Waals surface area contributed by atoms with E-state index in [4.69, 9.17) is 0 Å². The first kappa shape index (κ1) is 12.1. The van der Waals surface area contributed by atoms with Gasteiger partial charge in [-0.05, 0) is 44.4 Å². The van der Waals surface area contributed by atoms with Gasteiger partial charge in [0.15, 0.2) is 0 Å². The Morgan fingerprint density at radius 1 is 1.38 bits per heavy atom. The summed E-state index contributed by atoms with van der Waals surface area (Å²) in [5, 5.41) is 3.61. The van der Waals surface area contributed by atoms with Crippen LogP contribution in [0.3, 0.4) is 0 Å². The molecule has 0 unspecified atom stereocenters. The molecule has 1 N–H and O–H groups in total. The van der Waals surface area contributed by atoms with Crippen LogP contribution in [0, 0.1) is 0 Å². The van der Waals surface area contributed by atoms with Crippen molar-refractivity contribution >= 4 is 11.3 Å². The Bertz CT molecular complexity index is 336. The van der Waals surface area contributed by atoms with Crippen LogP contribution in [-0.2, 0) is 11.8 Å². The Hall–Kier alpha value is -0.340. The molecule has 1 aromatic heterocycles. The third-order valence-corrected chi connectivity index (χ3v) is 5.03. The molecule has 1 aromatic rings. The van der Waals surface area contributed by atoms with E-state index < -0.39 is 0 Å². The fourth-order valence-electron chi connectivity index (χ4n) is 1.93. The predicted octanol–water partition coefficient (Wildman–Crippen LogP) is 3.73. The Morgan fingerprint density at radius 3 is 2.69 bits per heavy atom. The fraction of sp³-hybridized carbons (Fsp3) is 0.714. The molecular formula is C14H23NS. The lowest BCUT2D eigenvalue weighted by molar-refractivity contribution is 0.464. The molecule has 0 spiro atoms. The first-order valence-electron chi connectivity index (χ1n) is 6.44. The molecule has 0 saturated heterocycles. The van der Waals surface area contributed by atoms with Crippen molar-refractivity contribution in [1.82, 2.24) is 5.32 Å². The lowest BCUT2D eigenvalue weighted by atomic mass is 9.87. The van der Waals surface area contributed by atoms with Gasteiger partial charge in [-0.3, -0.25) is 0 Å². The van der Waals surface area contributed by atoms with Gasteiger partial charge in [0.05, 0.1) is 0 Å². The van der Waals surface area contributed by atoms with Crippen LogP contribution >= 0.6 is 11.3 Å². The zero-order valence-electron chi connectivity index (χ0n) is 10.7. The number of rotatable bonds is 6. The summed E-state index contributed by atoms with van der Waals surface area (Å²) in [5.74, 6) is 0. The second kappa shape index (κ2) is 4.89. The van der Waals surface area contributed by atoms with Gasteiger partial charge in [0, 0.05) is 21.2 Å². The Balaban J connectivity index is 1.88. The average Bonchev–Trinajstić information content (AvgIpc) is 2.93. The Kier molecular flexibility index (Phi) is 3.70. The van der Waals surface area contributed by atoms with Crippen LogP contribution in [0.15, 0.2) is 12.1 Å². The van der Waals surface area contributed by atoms with Crippen molar-refractivity contribution in [1.29, 1.82) is 0 Å². The molecule has 0 aliphatic heterocycles. The van der Waals surface area contributed by atoms with E-state index >= 15 is 0 Å². The van der Waals surface area contributed by atoms with Crippen molar-refractivity contribution in [3.05, 3.63) is 21.9 Å². The highest BCUT2D eigenvalue weighted by atomic mass is 32.1. The predicted molar refractivity (Wildman–Crippen MR) is 72.4 cm³/mol. The number of hydrogen-bond donors (Lipinski definition) is 1. The van der Waals surface area contributed by atoms with Gasteiger partial charge in [0.2, 0.25) is 0 Å². The average molecular weight is 237 g/mol. The van der Waals surface area contributed by atoms with Crippen molar-refractivity contribution < 1.29 is 0 Å². The van der Waals surface area contributed by atoms with E-state index in [2.05, 4.69) is 38.2 Å². The summed E-state index contributed by atoms with van der Waals surface area (Å²) >= 11 is 1.99. The van der Waals surface area contributed by atoms with E-state index in [1.807, 2.05) is 11.3 Å². The summed E-state index contributed by atoms with van der Waals surface area (Å²) in [4.78, 5) is 3.06. The molecular weight excluding hydrogens is 214 g/mol. The highest BCUT2D eigenvalue weighted by molar-refractivity contribution is 7.12. The molecule has 0 bridgehead atoms. The van der Waals surface area contributed by atoms with Crippen LogP contribution in [-0.4, -0.2) is 12.6 Å². The maximum atomic E-state index is 3.61. The highest BCUT2D eigenvalue weighted by Gasteiger charge is 2.25. The van der Waals surface area contributed by atoms with Crippen molar-refractivity contribution in [3.8, 4) is 0 Å². The third-order valence-electron chi connectivity index (χ3n) is 3.44. The van der Waals surface area contributed by atoms with Crippen LogP contribution < -0.4 is 5.32 Å². The Labute approximate surface area is 103 Å². The first-order valence-corrected chi connectivity index (χ1v) is 7.26. The minimum Gasteiger partial charge on any atom is -0.314 e. The largest absolute Gasteiger partial charge is 0.314 e. The van der Waals surface area contributed by atoms with Gasteiger partial charge in [-0.2, -0.15) is 0 Å². The number of aryl methyl sites for hydroxylation is 1. The normalized spacial score (nSPS) is 16.7. The van der Waals surface area contributed by atoms with Gasteiger partial charge in [0.1, 0.15) is 0 Å². The first-order chi connectivity index (χ1) is 7.62. The molecule has 0 amide bonds. The summed E-state index contributed by atoms with van der Waals surface area (Å²) in [6.07, 6.45) is 5.19. The van der Waals surface area contributed by atoms with Crippen LogP contribution in [0.4, 0.5) is 0 Å². The second-order valence-corrected chi connectivity index (χ2v) is 6.65. The molecule has 1 fully saturated rings. The molecule has 2 rings (SSSR count). The molecule has 1 aliphatic rings. The molecule has 0 aromatic carbocycles. The zero-order valence-corrected chi connectivity index (χ0v) is 11.5. The van der Waals surface area contributed by atoms with Crippen LogP contribution in [0.1, 0.15) is 49.8 Å². The van der Waals surface area contributed by atoms with E-state index in [9.17, 15) is 0 Å². The number of nitrogens with one attached hydrogen (secondary N) is 1. The van der Waals surface area contributed by atoms with Gasteiger partial charge in [-0.25, -0.2) is 0 Å². The van der Waals surface area contributed by atoms with Crippen LogP contribution in [0.2, 0.25) is 0 Å². The van der Waals surface area contributed by atoms with Gasteiger partial charge in [-0.15, -0.1) is 11.3 Å². The van der Waals surface area contributed by atoms with Crippen LogP contribution in [0.5, 0.6) is 0 Å². The van der Waals surface area contributed by atoms with E-state index in [1.54, 1.807) is 4.88 Å². The zero-order chi connectivity index (χ0) is 11.6. The van der Waals surface area contributed by atoms with Crippen molar-refractivity contribution in [2.45, 2.75) is 57.9 Å². The third kappa shape index (κ3) is 3.08. The molecule has 2 heteroatoms. The highest BCUT2D eigenvalue weighted by Crippen LogP contribution is 2.33. The van der Waals surface area contributed by atoms with Crippen LogP contribution in [0.25, 0.3) is 0 Å². The van der Waals surface area contributed by atoms with E-state index in [0.717, 1.165) is 12.6 Å². The monoisotopic (exact) mass is 237 g/mol. The van der Waals surface area contributed by atoms with Gasteiger partial charge >= 0.3 is 0 Å². The van der Waals surface area contributed by atoms with Gasteiger partial charge in [0.25, 0.3) is 0 Å².